The van der Waals surface area contributed by atoms with Crippen LogP contribution in [0, 0.1) is 13.8 Å². The van der Waals surface area contributed by atoms with Crippen molar-refractivity contribution in [2.45, 2.75) is 61.9 Å². The highest BCUT2D eigenvalue weighted by Crippen LogP contribution is 2.38. The molecule has 0 aliphatic carbocycles. The molecule has 0 saturated carbocycles. The molecule has 0 bridgehead atoms. The molecule has 0 radical (unpaired) electrons. The molecule has 1 amide bonds. The molecule has 0 atom stereocenters. The standard InChI is InChI=1S/C20H17N3O.3C2H6/c1-12-6-7-15-13(2)19-16-5-3-4-14-8-9-23(20(14)16)21-18(24)11-22(19)17(15)10-12;3*1-2/h3-10H,11H2,1-2H3,(H,21,24);3*1-2H3. The van der Waals surface area contributed by atoms with Crippen LogP contribution < -0.4 is 5.43 Å². The van der Waals surface area contributed by atoms with E-state index in [1.165, 1.54) is 16.5 Å². The number of nitrogens with zero attached hydrogens (tertiary/aromatic N) is 2. The third kappa shape index (κ3) is 3.87. The van der Waals surface area contributed by atoms with Crippen molar-refractivity contribution in [2.75, 3.05) is 5.43 Å². The molecule has 1 N–H and O–H groups in total. The lowest BCUT2D eigenvalue weighted by Crippen LogP contribution is -2.28. The van der Waals surface area contributed by atoms with Gasteiger partial charge in [0.1, 0.15) is 6.54 Å². The van der Waals surface area contributed by atoms with Crippen LogP contribution in [-0.4, -0.2) is 15.2 Å². The van der Waals surface area contributed by atoms with E-state index >= 15 is 0 Å². The minimum Gasteiger partial charge on any atom is -0.331 e. The number of benzene rings is 2. The van der Waals surface area contributed by atoms with Crippen LogP contribution in [0.2, 0.25) is 0 Å². The zero-order valence-electron chi connectivity index (χ0n) is 19.6. The normalized spacial score (nSPS) is 11.5. The summed E-state index contributed by atoms with van der Waals surface area (Å²) in [6, 6.07) is 14.8. The summed E-state index contributed by atoms with van der Waals surface area (Å²) in [6.07, 6.45) is 1.92. The Morgan fingerprint density at radius 3 is 2.30 bits per heavy atom. The summed E-state index contributed by atoms with van der Waals surface area (Å²) in [4.78, 5) is 12.5. The zero-order chi connectivity index (χ0) is 22.4. The largest absolute Gasteiger partial charge is 0.331 e. The van der Waals surface area contributed by atoms with Gasteiger partial charge in [-0.05, 0) is 37.1 Å². The lowest BCUT2D eigenvalue weighted by molar-refractivity contribution is -0.117. The van der Waals surface area contributed by atoms with E-state index in [2.05, 4.69) is 60.2 Å². The number of carbonyl (C=O) groups is 1. The first-order valence-corrected chi connectivity index (χ1v) is 11.1. The van der Waals surface area contributed by atoms with E-state index in [1.54, 1.807) is 0 Å². The second-order valence-electron chi connectivity index (χ2n) is 6.54. The molecule has 3 heterocycles. The van der Waals surface area contributed by atoms with Gasteiger partial charge in [-0.15, -0.1) is 0 Å². The topological polar surface area (TPSA) is 39.0 Å². The molecule has 30 heavy (non-hydrogen) atoms. The highest BCUT2D eigenvalue weighted by Gasteiger charge is 2.23. The van der Waals surface area contributed by atoms with Crippen LogP contribution in [0.4, 0.5) is 0 Å². The molecule has 0 saturated heterocycles. The van der Waals surface area contributed by atoms with Crippen LogP contribution in [-0.2, 0) is 11.3 Å². The number of fused-ring (bicyclic) bond motifs is 4. The summed E-state index contributed by atoms with van der Waals surface area (Å²) in [5.74, 6) is -0.0124. The number of rotatable bonds is 0. The molecule has 1 aliphatic heterocycles. The lowest BCUT2D eigenvalue weighted by Gasteiger charge is -2.19. The lowest BCUT2D eigenvalue weighted by atomic mass is 10.0. The summed E-state index contributed by atoms with van der Waals surface area (Å²) in [5, 5.41) is 2.34. The summed E-state index contributed by atoms with van der Waals surface area (Å²) >= 11 is 0. The van der Waals surface area contributed by atoms with E-state index in [-0.39, 0.29) is 5.91 Å². The Bertz CT molecular complexity index is 1150. The highest BCUT2D eigenvalue weighted by molar-refractivity contribution is 6.03. The molecule has 0 unspecified atom stereocenters. The maximum Gasteiger partial charge on any atom is 0.258 e. The molecule has 2 aromatic heterocycles. The molecular formula is C26H35N3O. The second-order valence-corrected chi connectivity index (χ2v) is 6.54. The Morgan fingerprint density at radius 1 is 0.900 bits per heavy atom. The van der Waals surface area contributed by atoms with Gasteiger partial charge in [-0.3, -0.25) is 14.9 Å². The Balaban J connectivity index is 0.000000493. The number of carbonyl (C=O) groups excluding carboxylic acids is 1. The van der Waals surface area contributed by atoms with Crippen molar-refractivity contribution in [1.82, 2.24) is 9.24 Å². The predicted molar refractivity (Wildman–Crippen MR) is 131 cm³/mol. The predicted octanol–water partition coefficient (Wildman–Crippen LogP) is 7.04. The van der Waals surface area contributed by atoms with Crippen LogP contribution in [0.5, 0.6) is 0 Å². The van der Waals surface area contributed by atoms with Crippen LogP contribution in [0.15, 0.2) is 48.7 Å². The first-order valence-electron chi connectivity index (χ1n) is 11.1. The highest BCUT2D eigenvalue weighted by atomic mass is 16.2. The molecular weight excluding hydrogens is 370 g/mol. The van der Waals surface area contributed by atoms with Gasteiger partial charge in [-0.1, -0.05) is 71.9 Å². The molecule has 0 fully saturated rings. The fourth-order valence-corrected chi connectivity index (χ4v) is 3.94. The van der Waals surface area contributed by atoms with Gasteiger partial charge in [0.05, 0.1) is 11.2 Å². The average molecular weight is 406 g/mol. The zero-order valence-corrected chi connectivity index (χ0v) is 19.6. The van der Waals surface area contributed by atoms with Gasteiger partial charge in [0.2, 0.25) is 0 Å². The molecule has 4 aromatic rings. The van der Waals surface area contributed by atoms with E-state index in [9.17, 15) is 4.79 Å². The van der Waals surface area contributed by atoms with E-state index in [0.29, 0.717) is 6.54 Å². The van der Waals surface area contributed by atoms with Crippen LogP contribution in [0.1, 0.15) is 52.7 Å². The summed E-state index contributed by atoms with van der Waals surface area (Å²) < 4.78 is 4.00. The van der Waals surface area contributed by atoms with E-state index in [0.717, 1.165) is 27.7 Å². The maximum absolute atomic E-state index is 12.5. The third-order valence-electron chi connectivity index (χ3n) is 4.99. The Morgan fingerprint density at radius 2 is 1.60 bits per heavy atom. The second kappa shape index (κ2) is 10.1. The molecule has 0 spiro atoms. The van der Waals surface area contributed by atoms with E-state index in [1.807, 2.05) is 58.5 Å². The van der Waals surface area contributed by atoms with Gasteiger partial charge in [0, 0.05) is 28.0 Å². The fraction of sp³-hybridized carbons (Fsp3) is 0.346. The van der Waals surface area contributed by atoms with Gasteiger partial charge in [0.25, 0.3) is 5.91 Å². The van der Waals surface area contributed by atoms with Crippen LogP contribution in [0.3, 0.4) is 0 Å². The SMILES string of the molecule is CC.CC.CC.Cc1ccc2c(C)c3n(c2c1)CC(=O)Nn1ccc2cccc-3c21. The van der Waals surface area contributed by atoms with E-state index < -0.39 is 0 Å². The third-order valence-corrected chi connectivity index (χ3v) is 4.99. The smallest absolute Gasteiger partial charge is 0.258 e. The summed E-state index contributed by atoms with van der Waals surface area (Å²) in [6.45, 7) is 16.6. The fourth-order valence-electron chi connectivity index (χ4n) is 3.94. The van der Waals surface area contributed by atoms with Gasteiger partial charge in [0.15, 0.2) is 0 Å². The quantitative estimate of drug-likeness (QED) is 0.335. The van der Waals surface area contributed by atoms with Crippen molar-refractivity contribution in [2.24, 2.45) is 0 Å². The molecule has 5 rings (SSSR count). The van der Waals surface area contributed by atoms with E-state index in [4.69, 9.17) is 0 Å². The van der Waals surface area contributed by atoms with Crippen molar-refractivity contribution in [3.05, 3.63) is 59.8 Å². The van der Waals surface area contributed by atoms with Crippen LogP contribution >= 0.6 is 0 Å². The number of hydrogen-bond acceptors (Lipinski definition) is 1. The van der Waals surface area contributed by atoms with Crippen molar-refractivity contribution >= 4 is 27.7 Å². The number of para-hydroxylation sites is 1. The Hall–Kier alpha value is -3.01. The average Bonchev–Trinajstić information content (AvgIpc) is 3.30. The number of aromatic nitrogens is 2. The molecule has 4 heteroatoms. The number of aryl methyl sites for hydroxylation is 2. The van der Waals surface area contributed by atoms with Gasteiger partial charge >= 0.3 is 0 Å². The number of nitrogens with one attached hydrogen (secondary N) is 1. The van der Waals surface area contributed by atoms with Gasteiger partial charge in [-0.2, -0.15) is 0 Å². The minimum absolute atomic E-state index is 0.0124. The summed E-state index contributed by atoms with van der Waals surface area (Å²) in [5.41, 5.74) is 9.88. The van der Waals surface area contributed by atoms with Crippen molar-refractivity contribution in [3.63, 3.8) is 0 Å². The van der Waals surface area contributed by atoms with Crippen molar-refractivity contribution in [3.8, 4) is 11.3 Å². The van der Waals surface area contributed by atoms with Crippen molar-refractivity contribution in [1.29, 1.82) is 0 Å². The monoisotopic (exact) mass is 405 g/mol. The first kappa shape index (κ1) is 23.3. The number of hydrogen-bond donors (Lipinski definition) is 1. The molecule has 2 aromatic carbocycles. The molecule has 160 valence electrons. The van der Waals surface area contributed by atoms with Crippen molar-refractivity contribution < 1.29 is 4.79 Å². The Kier molecular flexibility index (Phi) is 7.87. The van der Waals surface area contributed by atoms with Crippen LogP contribution in [0.25, 0.3) is 33.1 Å². The Labute approximate surface area is 180 Å². The van der Waals surface area contributed by atoms with Gasteiger partial charge in [-0.25, -0.2) is 0 Å². The summed E-state index contributed by atoms with van der Waals surface area (Å²) in [7, 11) is 0. The minimum atomic E-state index is -0.0124. The molecule has 1 aliphatic rings. The molecule has 4 nitrogen and oxygen atoms in total. The van der Waals surface area contributed by atoms with Gasteiger partial charge < -0.3 is 4.57 Å². The number of amides is 1. The maximum atomic E-state index is 12.5. The first-order chi connectivity index (χ1) is 14.6.